The first-order valence-corrected chi connectivity index (χ1v) is 6.85. The van der Waals surface area contributed by atoms with Crippen molar-refractivity contribution in [1.82, 2.24) is 9.80 Å². The average molecular weight is 302 g/mol. The van der Waals surface area contributed by atoms with Gasteiger partial charge in [-0.05, 0) is 19.3 Å². The van der Waals surface area contributed by atoms with Crippen LogP contribution >= 0.6 is 0 Å². The van der Waals surface area contributed by atoms with Gasteiger partial charge in [0, 0.05) is 20.2 Å². The van der Waals surface area contributed by atoms with Crippen molar-refractivity contribution < 1.29 is 29.0 Å². The zero-order valence-electron chi connectivity index (χ0n) is 12.4. The number of carbonyl (C=O) groups excluding carboxylic acids is 2. The van der Waals surface area contributed by atoms with Crippen LogP contribution in [0.2, 0.25) is 0 Å². The summed E-state index contributed by atoms with van der Waals surface area (Å²) >= 11 is 0. The van der Waals surface area contributed by atoms with E-state index in [0.29, 0.717) is 13.0 Å². The zero-order chi connectivity index (χ0) is 15.8. The molecule has 1 aliphatic heterocycles. The molecule has 1 rings (SSSR count). The maximum atomic E-state index is 12.5. The number of aliphatic carboxylic acids is 1. The molecule has 8 nitrogen and oxygen atoms in total. The van der Waals surface area contributed by atoms with Crippen LogP contribution in [0.15, 0.2) is 0 Å². The summed E-state index contributed by atoms with van der Waals surface area (Å²) < 4.78 is 9.61. The predicted molar refractivity (Wildman–Crippen MR) is 72.8 cm³/mol. The molecular weight excluding hydrogens is 280 g/mol. The maximum Gasteiger partial charge on any atom is 0.328 e. The molecule has 120 valence electrons. The van der Waals surface area contributed by atoms with E-state index in [1.165, 1.54) is 24.0 Å². The van der Waals surface area contributed by atoms with Gasteiger partial charge in [-0.2, -0.15) is 0 Å². The number of carboxylic acids is 1. The molecular formula is C13H22N2O6. The van der Waals surface area contributed by atoms with E-state index in [1.54, 1.807) is 0 Å². The highest BCUT2D eigenvalue weighted by Gasteiger charge is 2.35. The molecule has 0 aromatic heterocycles. The van der Waals surface area contributed by atoms with Crippen LogP contribution in [-0.2, 0) is 19.1 Å². The Balaban J connectivity index is 2.82. The number of urea groups is 1. The lowest BCUT2D eigenvalue weighted by Crippen LogP contribution is -2.54. The molecule has 1 N–H and O–H groups in total. The third-order valence-electron chi connectivity index (χ3n) is 3.38. The summed E-state index contributed by atoms with van der Waals surface area (Å²) in [5.41, 5.74) is 0. The first-order chi connectivity index (χ1) is 10.0. The number of hydrogen-bond donors (Lipinski definition) is 1. The van der Waals surface area contributed by atoms with E-state index in [-0.39, 0.29) is 13.2 Å². The van der Waals surface area contributed by atoms with Gasteiger partial charge in [-0.25, -0.2) is 9.59 Å². The van der Waals surface area contributed by atoms with Crippen LogP contribution in [0.5, 0.6) is 0 Å². The predicted octanol–water partition coefficient (Wildman–Crippen LogP) is 0.167. The van der Waals surface area contributed by atoms with Crippen LogP contribution in [0.25, 0.3) is 0 Å². The molecule has 8 heteroatoms. The van der Waals surface area contributed by atoms with Crippen molar-refractivity contribution in [1.29, 1.82) is 0 Å². The first-order valence-electron chi connectivity index (χ1n) is 6.85. The largest absolute Gasteiger partial charge is 0.480 e. The Kier molecular flexibility index (Phi) is 6.93. The van der Waals surface area contributed by atoms with E-state index in [1.807, 2.05) is 0 Å². The Morgan fingerprint density at radius 3 is 2.57 bits per heavy atom. The van der Waals surface area contributed by atoms with Gasteiger partial charge >= 0.3 is 18.0 Å². The number of carboxylic acid groups (broad SMARTS) is 1. The van der Waals surface area contributed by atoms with Crippen LogP contribution in [0.1, 0.15) is 19.3 Å². The molecule has 1 atom stereocenters. The summed E-state index contributed by atoms with van der Waals surface area (Å²) in [4.78, 5) is 37.7. The Morgan fingerprint density at radius 2 is 2.00 bits per heavy atom. The van der Waals surface area contributed by atoms with Crippen molar-refractivity contribution in [3.63, 3.8) is 0 Å². The van der Waals surface area contributed by atoms with Gasteiger partial charge in [0.1, 0.15) is 12.6 Å². The highest BCUT2D eigenvalue weighted by Crippen LogP contribution is 2.19. The van der Waals surface area contributed by atoms with Crippen LogP contribution in [0, 0.1) is 0 Å². The van der Waals surface area contributed by atoms with E-state index < -0.39 is 30.6 Å². The van der Waals surface area contributed by atoms with Gasteiger partial charge in [0.15, 0.2) is 0 Å². The van der Waals surface area contributed by atoms with Crippen molar-refractivity contribution in [3.8, 4) is 0 Å². The molecule has 1 heterocycles. The molecule has 21 heavy (non-hydrogen) atoms. The maximum absolute atomic E-state index is 12.5. The number of amides is 2. The normalized spacial score (nSPS) is 18.2. The fourth-order valence-corrected chi connectivity index (χ4v) is 2.33. The molecule has 1 saturated heterocycles. The van der Waals surface area contributed by atoms with Crippen molar-refractivity contribution in [2.75, 3.05) is 40.5 Å². The molecule has 0 saturated carbocycles. The van der Waals surface area contributed by atoms with E-state index in [4.69, 9.17) is 14.6 Å². The van der Waals surface area contributed by atoms with Gasteiger partial charge in [-0.1, -0.05) is 0 Å². The van der Waals surface area contributed by atoms with E-state index >= 15 is 0 Å². The molecule has 0 radical (unpaired) electrons. The van der Waals surface area contributed by atoms with E-state index in [0.717, 1.165) is 12.8 Å². The van der Waals surface area contributed by atoms with Gasteiger partial charge in [0.25, 0.3) is 0 Å². The monoisotopic (exact) mass is 302 g/mol. The number of nitrogens with zero attached hydrogens (tertiary/aromatic N) is 2. The summed E-state index contributed by atoms with van der Waals surface area (Å²) in [5.74, 6) is -1.57. The number of piperidine rings is 1. The van der Waals surface area contributed by atoms with Gasteiger partial charge in [0.2, 0.25) is 0 Å². The fourth-order valence-electron chi connectivity index (χ4n) is 2.33. The molecule has 1 aliphatic rings. The lowest BCUT2D eigenvalue weighted by molar-refractivity contribution is -0.147. The SMILES string of the molecule is COCCN(CC(=O)O)C(=O)N1CCCCC1C(=O)OC. The highest BCUT2D eigenvalue weighted by molar-refractivity contribution is 5.85. The molecule has 0 aromatic rings. The van der Waals surface area contributed by atoms with Gasteiger partial charge in [-0.15, -0.1) is 0 Å². The minimum Gasteiger partial charge on any atom is -0.480 e. The Morgan fingerprint density at radius 1 is 1.29 bits per heavy atom. The summed E-state index contributed by atoms with van der Waals surface area (Å²) in [6, 6.07) is -1.11. The summed E-state index contributed by atoms with van der Waals surface area (Å²) in [6.07, 6.45) is 2.15. The van der Waals surface area contributed by atoms with Crippen molar-refractivity contribution in [2.24, 2.45) is 0 Å². The van der Waals surface area contributed by atoms with E-state index in [9.17, 15) is 14.4 Å². The smallest absolute Gasteiger partial charge is 0.328 e. The third-order valence-corrected chi connectivity index (χ3v) is 3.38. The number of methoxy groups -OCH3 is 2. The summed E-state index contributed by atoms with van der Waals surface area (Å²) in [5, 5.41) is 8.91. The topological polar surface area (TPSA) is 96.4 Å². The number of esters is 1. The minimum absolute atomic E-state index is 0.159. The zero-order valence-corrected chi connectivity index (χ0v) is 12.4. The highest BCUT2D eigenvalue weighted by atomic mass is 16.5. The van der Waals surface area contributed by atoms with E-state index in [2.05, 4.69) is 0 Å². The lowest BCUT2D eigenvalue weighted by Gasteiger charge is -2.37. The quantitative estimate of drug-likeness (QED) is 0.702. The Bertz CT molecular complexity index is 387. The lowest BCUT2D eigenvalue weighted by atomic mass is 10.0. The Hall–Kier alpha value is -1.83. The molecule has 2 amide bonds. The first kappa shape index (κ1) is 17.2. The van der Waals surface area contributed by atoms with Crippen LogP contribution in [0.4, 0.5) is 4.79 Å². The van der Waals surface area contributed by atoms with Crippen LogP contribution in [-0.4, -0.2) is 79.4 Å². The van der Waals surface area contributed by atoms with Crippen LogP contribution < -0.4 is 0 Å². The number of rotatable bonds is 6. The minimum atomic E-state index is -1.11. The average Bonchev–Trinajstić information content (AvgIpc) is 2.49. The van der Waals surface area contributed by atoms with Crippen molar-refractivity contribution >= 4 is 18.0 Å². The van der Waals surface area contributed by atoms with Crippen LogP contribution in [0.3, 0.4) is 0 Å². The molecule has 1 unspecified atom stereocenters. The molecule has 0 aliphatic carbocycles. The second-order valence-corrected chi connectivity index (χ2v) is 4.82. The second-order valence-electron chi connectivity index (χ2n) is 4.82. The standard InChI is InChI=1S/C13H22N2O6/c1-20-8-7-14(9-11(16)17)13(19)15-6-4-3-5-10(15)12(18)21-2/h10H,3-9H2,1-2H3,(H,16,17). The summed E-state index contributed by atoms with van der Waals surface area (Å²) in [6.45, 7) is 0.385. The number of ether oxygens (including phenoxy) is 2. The van der Waals surface area contributed by atoms with Gasteiger partial charge in [0.05, 0.1) is 13.7 Å². The molecule has 0 aromatic carbocycles. The second kappa shape index (κ2) is 8.46. The fraction of sp³-hybridized carbons (Fsp3) is 0.769. The molecule has 1 fully saturated rings. The summed E-state index contributed by atoms with van der Waals surface area (Å²) in [7, 11) is 2.75. The number of carbonyl (C=O) groups is 3. The third kappa shape index (κ3) is 4.89. The van der Waals surface area contributed by atoms with Gasteiger partial charge in [-0.3, -0.25) is 4.79 Å². The number of likely N-dealkylation sites (tertiary alicyclic amines) is 1. The van der Waals surface area contributed by atoms with Crippen molar-refractivity contribution in [2.45, 2.75) is 25.3 Å². The molecule has 0 bridgehead atoms. The number of hydrogen-bond acceptors (Lipinski definition) is 5. The Labute approximate surface area is 123 Å². The van der Waals surface area contributed by atoms with Crippen molar-refractivity contribution in [3.05, 3.63) is 0 Å². The molecule has 0 spiro atoms. The van der Waals surface area contributed by atoms with Gasteiger partial charge < -0.3 is 24.4 Å².